The Hall–Kier alpha value is -0.570. The van der Waals surface area contributed by atoms with Gasteiger partial charge in [-0.1, -0.05) is 19.8 Å². The fourth-order valence-electron chi connectivity index (χ4n) is 1.02. The summed E-state index contributed by atoms with van der Waals surface area (Å²) in [4.78, 5) is 11.1. The van der Waals surface area contributed by atoms with Crippen LogP contribution in [0.2, 0.25) is 0 Å². The Morgan fingerprint density at radius 3 is 2.67 bits per heavy atom. The summed E-state index contributed by atoms with van der Waals surface area (Å²) in [6, 6.07) is 0. The number of rotatable bonds is 5. The molecule has 1 fully saturated rings. The first-order valence-corrected chi connectivity index (χ1v) is 4.67. The molecule has 0 amide bonds. The molecule has 12 heavy (non-hydrogen) atoms. The van der Waals surface area contributed by atoms with Gasteiger partial charge in [0.25, 0.3) is 0 Å². The molecule has 0 unspecified atom stereocenters. The van der Waals surface area contributed by atoms with E-state index in [0.717, 1.165) is 32.1 Å². The Balaban J connectivity index is 2.04. The van der Waals surface area contributed by atoms with Gasteiger partial charge >= 0.3 is 5.97 Å². The molecule has 1 saturated carbocycles. The van der Waals surface area contributed by atoms with Gasteiger partial charge < -0.3 is 4.74 Å². The summed E-state index contributed by atoms with van der Waals surface area (Å²) < 4.78 is 5.03. The Kier molecular flexibility index (Phi) is 3.09. The van der Waals surface area contributed by atoms with Crippen LogP contribution in [0.15, 0.2) is 0 Å². The van der Waals surface area contributed by atoms with Gasteiger partial charge in [0.1, 0.15) is 0 Å². The van der Waals surface area contributed by atoms with E-state index in [0.29, 0.717) is 6.42 Å². The maximum atomic E-state index is 11.1. The van der Waals surface area contributed by atoms with Crippen LogP contribution in [0, 0.1) is 0 Å². The zero-order valence-corrected chi connectivity index (χ0v) is 7.64. The number of carbonyl (C=O) groups excluding carboxylic acids is 1. The van der Waals surface area contributed by atoms with Crippen LogP contribution in [0.4, 0.5) is 0 Å². The Bertz CT molecular complexity index is 164. The van der Waals surface area contributed by atoms with Crippen molar-refractivity contribution in [3.05, 3.63) is 0 Å². The van der Waals surface area contributed by atoms with E-state index in [2.05, 4.69) is 6.92 Å². The molecule has 0 aromatic carbocycles. The van der Waals surface area contributed by atoms with Crippen LogP contribution in [0.3, 0.4) is 0 Å². The van der Waals surface area contributed by atoms with E-state index in [1.807, 2.05) is 0 Å². The second-order valence-electron chi connectivity index (χ2n) is 3.50. The molecule has 0 heterocycles. The van der Waals surface area contributed by atoms with Crippen molar-refractivity contribution >= 4 is 5.97 Å². The maximum Gasteiger partial charge on any atom is 0.307 e. The summed E-state index contributed by atoms with van der Waals surface area (Å²) in [5, 5.41) is 0. The van der Waals surface area contributed by atoms with Crippen LogP contribution in [-0.4, -0.2) is 11.7 Å². The van der Waals surface area contributed by atoms with Crippen LogP contribution in [-0.2, 0) is 9.53 Å². The van der Waals surface area contributed by atoms with Gasteiger partial charge in [0.2, 0.25) is 0 Å². The van der Waals surface area contributed by atoms with Gasteiger partial charge in [-0.25, -0.2) is 0 Å². The summed E-state index contributed by atoms with van der Waals surface area (Å²) in [5.74, 6) is -0.136. The Labute approximate surface area is 73.3 Å². The predicted octanol–water partition coefficient (Wildman–Crippen LogP) is 1.56. The van der Waals surface area contributed by atoms with Gasteiger partial charge in [0.15, 0.2) is 5.72 Å². The number of hydrogen-bond acceptors (Lipinski definition) is 3. The third-order valence-corrected chi connectivity index (χ3v) is 2.04. The summed E-state index contributed by atoms with van der Waals surface area (Å²) in [7, 11) is 0. The van der Waals surface area contributed by atoms with Crippen molar-refractivity contribution in [3.8, 4) is 0 Å². The summed E-state index contributed by atoms with van der Waals surface area (Å²) in [5.41, 5.74) is 5.03. The van der Waals surface area contributed by atoms with Crippen molar-refractivity contribution in [2.75, 3.05) is 0 Å². The fraction of sp³-hybridized carbons (Fsp3) is 0.889. The molecule has 0 aromatic heterocycles. The van der Waals surface area contributed by atoms with Crippen LogP contribution >= 0.6 is 0 Å². The van der Waals surface area contributed by atoms with Crippen LogP contribution in [0.1, 0.15) is 45.4 Å². The van der Waals surface area contributed by atoms with Crippen LogP contribution in [0.25, 0.3) is 0 Å². The number of esters is 1. The second-order valence-corrected chi connectivity index (χ2v) is 3.50. The zero-order valence-electron chi connectivity index (χ0n) is 7.64. The highest BCUT2D eigenvalue weighted by Crippen LogP contribution is 2.33. The van der Waals surface area contributed by atoms with Crippen molar-refractivity contribution in [2.24, 2.45) is 5.73 Å². The Morgan fingerprint density at radius 1 is 1.50 bits per heavy atom. The predicted molar refractivity (Wildman–Crippen MR) is 46.4 cm³/mol. The molecule has 0 atom stereocenters. The van der Waals surface area contributed by atoms with E-state index in [1.54, 1.807) is 0 Å². The summed E-state index contributed by atoms with van der Waals surface area (Å²) in [6.45, 7) is 2.11. The van der Waals surface area contributed by atoms with Gasteiger partial charge in [0.05, 0.1) is 0 Å². The van der Waals surface area contributed by atoms with E-state index in [-0.39, 0.29) is 5.97 Å². The van der Waals surface area contributed by atoms with E-state index in [4.69, 9.17) is 10.5 Å². The van der Waals surface area contributed by atoms with Crippen molar-refractivity contribution in [2.45, 2.75) is 51.2 Å². The first kappa shape index (κ1) is 9.52. The smallest absolute Gasteiger partial charge is 0.307 e. The highest BCUT2D eigenvalue weighted by atomic mass is 16.6. The lowest BCUT2D eigenvalue weighted by atomic mass is 10.2. The van der Waals surface area contributed by atoms with E-state index >= 15 is 0 Å². The first-order chi connectivity index (χ1) is 5.66. The zero-order chi connectivity index (χ0) is 9.03. The molecule has 0 radical (unpaired) electrons. The average molecular weight is 171 g/mol. The van der Waals surface area contributed by atoms with Crippen molar-refractivity contribution < 1.29 is 9.53 Å². The minimum Gasteiger partial charge on any atom is -0.444 e. The number of ether oxygens (including phenoxy) is 1. The Morgan fingerprint density at radius 2 is 2.17 bits per heavy atom. The van der Waals surface area contributed by atoms with Gasteiger partial charge in [-0.2, -0.15) is 0 Å². The van der Waals surface area contributed by atoms with Gasteiger partial charge in [-0.05, 0) is 6.42 Å². The molecular weight excluding hydrogens is 154 g/mol. The van der Waals surface area contributed by atoms with Crippen molar-refractivity contribution in [1.29, 1.82) is 0 Å². The standard InChI is InChI=1S/C9H17NO2/c1-2-3-4-5-8(11)12-9(10)6-7-9/h2-7,10H2,1H3. The lowest BCUT2D eigenvalue weighted by Gasteiger charge is -2.09. The van der Waals surface area contributed by atoms with Crippen LogP contribution < -0.4 is 5.73 Å². The largest absolute Gasteiger partial charge is 0.444 e. The molecule has 3 heteroatoms. The third-order valence-electron chi connectivity index (χ3n) is 2.04. The molecule has 1 aliphatic carbocycles. The topological polar surface area (TPSA) is 52.3 Å². The molecule has 3 nitrogen and oxygen atoms in total. The summed E-state index contributed by atoms with van der Waals surface area (Å²) >= 11 is 0. The van der Waals surface area contributed by atoms with E-state index in [1.165, 1.54) is 0 Å². The lowest BCUT2D eigenvalue weighted by Crippen LogP contribution is -2.28. The highest BCUT2D eigenvalue weighted by Gasteiger charge is 2.42. The quantitative estimate of drug-likeness (QED) is 0.388. The van der Waals surface area contributed by atoms with Gasteiger partial charge in [0, 0.05) is 19.3 Å². The minimum absolute atomic E-state index is 0.136. The van der Waals surface area contributed by atoms with Crippen LogP contribution in [0.5, 0.6) is 0 Å². The molecule has 70 valence electrons. The molecule has 1 aliphatic rings. The molecule has 0 aliphatic heterocycles. The number of carbonyl (C=O) groups is 1. The van der Waals surface area contributed by atoms with Gasteiger partial charge in [-0.3, -0.25) is 10.5 Å². The molecule has 0 saturated heterocycles. The second kappa shape index (κ2) is 3.90. The summed E-state index contributed by atoms with van der Waals surface area (Å²) in [6.07, 6.45) is 5.31. The minimum atomic E-state index is -0.580. The fourth-order valence-corrected chi connectivity index (χ4v) is 1.02. The highest BCUT2D eigenvalue weighted by molar-refractivity contribution is 5.70. The molecule has 0 bridgehead atoms. The maximum absolute atomic E-state index is 11.1. The SMILES string of the molecule is CCCCCC(=O)OC1(N)CC1. The van der Waals surface area contributed by atoms with E-state index in [9.17, 15) is 4.79 Å². The average Bonchev–Trinajstić information content (AvgIpc) is 2.68. The normalized spacial score (nSPS) is 18.8. The third kappa shape index (κ3) is 3.22. The van der Waals surface area contributed by atoms with E-state index < -0.39 is 5.72 Å². The monoisotopic (exact) mass is 171 g/mol. The molecule has 0 aromatic rings. The lowest BCUT2D eigenvalue weighted by molar-refractivity contribution is -0.150. The van der Waals surface area contributed by atoms with Gasteiger partial charge in [-0.15, -0.1) is 0 Å². The van der Waals surface area contributed by atoms with Crippen molar-refractivity contribution in [3.63, 3.8) is 0 Å². The molecule has 0 spiro atoms. The molecular formula is C9H17NO2. The molecule has 2 N–H and O–H groups in total. The first-order valence-electron chi connectivity index (χ1n) is 4.67. The number of hydrogen-bond donors (Lipinski definition) is 1. The van der Waals surface area contributed by atoms with Crippen molar-refractivity contribution in [1.82, 2.24) is 0 Å². The molecule has 1 rings (SSSR count). The number of nitrogens with two attached hydrogens (primary N) is 1. The number of unbranched alkanes of at least 4 members (excludes halogenated alkanes) is 2.